The molecule has 94 valence electrons. The molecule has 0 fully saturated rings. The summed E-state index contributed by atoms with van der Waals surface area (Å²) in [5.74, 6) is -0.572. The Labute approximate surface area is 108 Å². The monoisotopic (exact) mass is 303 g/mol. The molecule has 0 heterocycles. The summed E-state index contributed by atoms with van der Waals surface area (Å²) in [5.41, 5.74) is 0.968. The molecule has 1 aromatic rings. The molecule has 0 aromatic heterocycles. The lowest BCUT2D eigenvalue weighted by Gasteiger charge is -2.16. The van der Waals surface area contributed by atoms with Crippen LogP contribution in [0.1, 0.15) is 18.5 Å². The quantitative estimate of drug-likeness (QED) is 0.670. The number of rotatable bonds is 5. The zero-order valence-corrected chi connectivity index (χ0v) is 11.3. The van der Waals surface area contributed by atoms with Crippen molar-refractivity contribution in [2.45, 2.75) is 17.8 Å². The van der Waals surface area contributed by atoms with Crippen molar-refractivity contribution in [1.29, 1.82) is 0 Å². The van der Waals surface area contributed by atoms with Crippen LogP contribution in [0, 0.1) is 5.82 Å². The fraction of sp³-hybridized carbons (Fsp3) is 0.417. The van der Waals surface area contributed by atoms with Crippen LogP contribution < -0.4 is 5.32 Å². The summed E-state index contributed by atoms with van der Waals surface area (Å²) in [7, 11) is 1.35. The minimum atomic E-state index is -0.379. The molecule has 0 spiro atoms. The van der Waals surface area contributed by atoms with Crippen LogP contribution in [0.5, 0.6) is 0 Å². The topological polar surface area (TPSA) is 38.3 Å². The molecule has 0 bridgehead atoms. The van der Waals surface area contributed by atoms with E-state index in [9.17, 15) is 9.18 Å². The first kappa shape index (κ1) is 14.1. The highest BCUT2D eigenvalue weighted by molar-refractivity contribution is 9.10. The summed E-state index contributed by atoms with van der Waals surface area (Å²) in [6, 6.07) is 6.31. The molecule has 3 nitrogen and oxygen atoms in total. The van der Waals surface area contributed by atoms with Crippen LogP contribution in [0.2, 0.25) is 0 Å². The summed E-state index contributed by atoms with van der Waals surface area (Å²) in [6.07, 6.45) is 0. The zero-order chi connectivity index (χ0) is 12.8. The summed E-state index contributed by atoms with van der Waals surface area (Å²) < 4.78 is 17.3. The molecule has 1 rings (SSSR count). The molecule has 1 N–H and O–H groups in total. The largest absolute Gasteiger partial charge is 0.468 e. The van der Waals surface area contributed by atoms with Gasteiger partial charge in [0.2, 0.25) is 0 Å². The van der Waals surface area contributed by atoms with Crippen LogP contribution in [0.3, 0.4) is 0 Å². The van der Waals surface area contributed by atoms with E-state index in [1.54, 1.807) is 12.1 Å². The van der Waals surface area contributed by atoms with Crippen molar-refractivity contribution < 1.29 is 13.9 Å². The van der Waals surface area contributed by atoms with Crippen molar-refractivity contribution in [1.82, 2.24) is 5.32 Å². The minimum Gasteiger partial charge on any atom is -0.468 e. The Bertz CT molecular complexity index is 369. The Morgan fingerprint density at radius 2 is 2.06 bits per heavy atom. The summed E-state index contributed by atoms with van der Waals surface area (Å²) in [4.78, 5) is 10.8. The molecule has 1 aromatic carbocycles. The van der Waals surface area contributed by atoms with Crippen molar-refractivity contribution >= 4 is 21.9 Å². The number of hydrogen-bond donors (Lipinski definition) is 1. The van der Waals surface area contributed by atoms with Gasteiger partial charge >= 0.3 is 5.97 Å². The lowest BCUT2D eigenvalue weighted by Crippen LogP contribution is -2.31. The number of carbonyl (C=O) groups excluding carboxylic acids is 1. The van der Waals surface area contributed by atoms with Gasteiger partial charge in [-0.05, 0) is 24.6 Å². The van der Waals surface area contributed by atoms with Crippen molar-refractivity contribution in [3.05, 3.63) is 35.6 Å². The fourth-order valence-corrected chi connectivity index (χ4v) is 1.73. The van der Waals surface area contributed by atoms with Gasteiger partial charge in [-0.2, -0.15) is 0 Å². The number of methoxy groups -OCH3 is 1. The maximum atomic E-state index is 12.7. The number of carbonyl (C=O) groups is 1. The SMILES string of the molecule is COC(=O)C(Br)CN[C@H](C)c1ccc(F)cc1. The highest BCUT2D eigenvalue weighted by atomic mass is 79.9. The van der Waals surface area contributed by atoms with E-state index < -0.39 is 0 Å². The van der Waals surface area contributed by atoms with Crippen LogP contribution in [0.4, 0.5) is 4.39 Å². The fourth-order valence-electron chi connectivity index (χ4n) is 1.36. The van der Waals surface area contributed by atoms with Crippen molar-refractivity contribution in [2.75, 3.05) is 13.7 Å². The smallest absolute Gasteiger partial charge is 0.320 e. The molecule has 0 aliphatic heterocycles. The van der Waals surface area contributed by atoms with Gasteiger partial charge in [0.25, 0.3) is 0 Å². The van der Waals surface area contributed by atoms with E-state index in [2.05, 4.69) is 26.0 Å². The highest BCUT2D eigenvalue weighted by Gasteiger charge is 2.16. The predicted molar refractivity (Wildman–Crippen MR) is 67.5 cm³/mol. The van der Waals surface area contributed by atoms with Crippen molar-refractivity contribution in [3.63, 3.8) is 0 Å². The first-order valence-electron chi connectivity index (χ1n) is 5.25. The van der Waals surface area contributed by atoms with Crippen LogP contribution in [0.15, 0.2) is 24.3 Å². The lowest BCUT2D eigenvalue weighted by atomic mass is 10.1. The second kappa shape index (κ2) is 6.71. The second-order valence-electron chi connectivity index (χ2n) is 3.67. The number of alkyl halides is 1. The predicted octanol–water partition coefficient (Wildman–Crippen LogP) is 2.41. The first-order valence-corrected chi connectivity index (χ1v) is 6.17. The van der Waals surface area contributed by atoms with Crippen LogP contribution >= 0.6 is 15.9 Å². The molecule has 0 aliphatic carbocycles. The molecule has 0 amide bonds. The third-order valence-corrected chi connectivity index (χ3v) is 3.13. The summed E-state index contributed by atoms with van der Waals surface area (Å²) in [6.45, 7) is 2.40. The molecule has 0 aliphatic rings. The van der Waals surface area contributed by atoms with Crippen molar-refractivity contribution in [3.8, 4) is 0 Å². The lowest BCUT2D eigenvalue weighted by molar-refractivity contribution is -0.139. The maximum absolute atomic E-state index is 12.7. The molecule has 0 radical (unpaired) electrons. The average molecular weight is 304 g/mol. The third kappa shape index (κ3) is 4.44. The number of ether oxygens (including phenoxy) is 1. The van der Waals surface area contributed by atoms with Gasteiger partial charge in [0.05, 0.1) is 7.11 Å². The van der Waals surface area contributed by atoms with E-state index in [4.69, 9.17) is 0 Å². The Morgan fingerprint density at radius 3 is 2.59 bits per heavy atom. The van der Waals surface area contributed by atoms with E-state index in [1.807, 2.05) is 6.92 Å². The zero-order valence-electron chi connectivity index (χ0n) is 9.74. The summed E-state index contributed by atoms with van der Waals surface area (Å²) in [5, 5.41) is 3.16. The Hall–Kier alpha value is -0.940. The van der Waals surface area contributed by atoms with E-state index in [1.165, 1.54) is 19.2 Å². The average Bonchev–Trinajstić information content (AvgIpc) is 2.35. The van der Waals surface area contributed by atoms with Gasteiger partial charge < -0.3 is 10.1 Å². The Morgan fingerprint density at radius 1 is 1.47 bits per heavy atom. The van der Waals surface area contributed by atoms with Crippen molar-refractivity contribution in [2.24, 2.45) is 0 Å². The van der Waals surface area contributed by atoms with Crippen LogP contribution in [-0.4, -0.2) is 24.5 Å². The Kier molecular flexibility index (Phi) is 5.58. The molecule has 0 saturated heterocycles. The molecular formula is C12H15BrFNO2. The van der Waals surface area contributed by atoms with Gasteiger partial charge in [-0.3, -0.25) is 4.79 Å². The van der Waals surface area contributed by atoms with Gasteiger partial charge in [-0.25, -0.2) is 4.39 Å². The molecule has 17 heavy (non-hydrogen) atoms. The van der Waals surface area contributed by atoms with Crippen LogP contribution in [0.25, 0.3) is 0 Å². The first-order chi connectivity index (χ1) is 8.04. The molecule has 0 saturated carbocycles. The second-order valence-corrected chi connectivity index (χ2v) is 4.78. The third-order valence-electron chi connectivity index (χ3n) is 2.43. The number of nitrogens with one attached hydrogen (secondary N) is 1. The van der Waals surface area contributed by atoms with E-state index >= 15 is 0 Å². The highest BCUT2D eigenvalue weighted by Crippen LogP contribution is 2.13. The van der Waals surface area contributed by atoms with Gasteiger partial charge in [0, 0.05) is 12.6 Å². The molecule has 2 atom stereocenters. The molecule has 5 heteroatoms. The number of halogens is 2. The standard InChI is InChI=1S/C12H15BrFNO2/c1-8(9-3-5-10(14)6-4-9)15-7-11(13)12(16)17-2/h3-6,8,11,15H,7H2,1-2H3/t8-,11?/m1/s1. The van der Waals surface area contributed by atoms with Gasteiger partial charge in [-0.15, -0.1) is 0 Å². The molecule has 1 unspecified atom stereocenters. The summed E-state index contributed by atoms with van der Waals surface area (Å²) >= 11 is 3.22. The molecular weight excluding hydrogens is 289 g/mol. The van der Waals surface area contributed by atoms with E-state index in [0.29, 0.717) is 6.54 Å². The maximum Gasteiger partial charge on any atom is 0.320 e. The van der Waals surface area contributed by atoms with Gasteiger partial charge in [-0.1, -0.05) is 28.1 Å². The normalized spacial score (nSPS) is 14.1. The van der Waals surface area contributed by atoms with Gasteiger partial charge in [0.15, 0.2) is 0 Å². The minimum absolute atomic E-state index is 0.0420. The van der Waals surface area contributed by atoms with E-state index in [0.717, 1.165) is 5.56 Å². The Balaban J connectivity index is 2.47. The van der Waals surface area contributed by atoms with E-state index in [-0.39, 0.29) is 22.7 Å². The van der Waals surface area contributed by atoms with Crippen LogP contribution in [-0.2, 0) is 9.53 Å². The number of esters is 1. The van der Waals surface area contributed by atoms with Gasteiger partial charge in [0.1, 0.15) is 10.6 Å². The number of benzene rings is 1. The number of hydrogen-bond acceptors (Lipinski definition) is 3.